The van der Waals surface area contributed by atoms with E-state index >= 15 is 0 Å². The summed E-state index contributed by atoms with van der Waals surface area (Å²) in [6.07, 6.45) is 5.54. The number of nitrogens with one attached hydrogen (secondary N) is 1. The van der Waals surface area contributed by atoms with Crippen molar-refractivity contribution >= 4 is 5.84 Å². The molecule has 0 bridgehead atoms. The summed E-state index contributed by atoms with van der Waals surface area (Å²) in [6, 6.07) is 0. The van der Waals surface area contributed by atoms with E-state index in [1.54, 1.807) is 0 Å². The molecule has 0 aromatic carbocycles. The van der Waals surface area contributed by atoms with Crippen LogP contribution in [0.15, 0.2) is 16.8 Å². The molecule has 0 fully saturated rings. The summed E-state index contributed by atoms with van der Waals surface area (Å²) in [7, 11) is 1.83. The number of aliphatic imine (C=N–C) groups is 1. The zero-order valence-electron chi connectivity index (χ0n) is 6.65. The Morgan fingerprint density at radius 3 is 3.10 bits per heavy atom. The smallest absolute Gasteiger partial charge is 0.100 e. The van der Waals surface area contributed by atoms with Gasteiger partial charge in [-0.2, -0.15) is 0 Å². The van der Waals surface area contributed by atoms with Crippen LogP contribution in [0.25, 0.3) is 0 Å². The molecule has 0 aliphatic carbocycles. The van der Waals surface area contributed by atoms with Gasteiger partial charge in [0, 0.05) is 19.2 Å². The first kappa shape index (κ1) is 7.32. The fourth-order valence-electron chi connectivity index (χ4n) is 1.08. The SMILES string of the molecule is CCC1=CCCC(=NC)N1. The molecule has 1 heterocycles. The van der Waals surface area contributed by atoms with Crippen molar-refractivity contribution in [2.75, 3.05) is 7.05 Å². The van der Waals surface area contributed by atoms with Crippen molar-refractivity contribution in [1.82, 2.24) is 5.32 Å². The Hall–Kier alpha value is -0.790. The Kier molecular flexibility index (Phi) is 2.49. The normalized spacial score (nSPS) is 22.2. The van der Waals surface area contributed by atoms with Crippen molar-refractivity contribution in [3.8, 4) is 0 Å². The van der Waals surface area contributed by atoms with Crippen LogP contribution in [0.3, 0.4) is 0 Å². The van der Waals surface area contributed by atoms with Crippen molar-refractivity contribution in [1.29, 1.82) is 0 Å². The van der Waals surface area contributed by atoms with Crippen LogP contribution in [0, 0.1) is 0 Å². The maximum Gasteiger partial charge on any atom is 0.100 e. The molecule has 0 radical (unpaired) electrons. The standard InChI is InChI=1S/C8H14N2/c1-3-7-5-4-6-8(9-2)10-7/h5H,3-4,6H2,1-2H3,(H,9,10). The van der Waals surface area contributed by atoms with Crippen LogP contribution in [0.4, 0.5) is 0 Å². The van der Waals surface area contributed by atoms with E-state index in [0.29, 0.717) is 0 Å². The second-order valence-corrected chi connectivity index (χ2v) is 2.42. The molecule has 0 spiro atoms. The number of hydrogen-bond acceptors (Lipinski definition) is 1. The molecule has 1 aliphatic rings. The third-order valence-electron chi connectivity index (χ3n) is 1.73. The highest BCUT2D eigenvalue weighted by Gasteiger charge is 2.04. The molecule has 0 atom stereocenters. The van der Waals surface area contributed by atoms with E-state index in [1.165, 1.54) is 5.70 Å². The zero-order valence-corrected chi connectivity index (χ0v) is 6.65. The van der Waals surface area contributed by atoms with Gasteiger partial charge in [-0.3, -0.25) is 4.99 Å². The van der Waals surface area contributed by atoms with Crippen LogP contribution in [-0.2, 0) is 0 Å². The number of hydrogen-bond donors (Lipinski definition) is 1. The predicted octanol–water partition coefficient (Wildman–Crippen LogP) is 1.69. The molecule has 0 unspecified atom stereocenters. The quantitative estimate of drug-likeness (QED) is 0.586. The Balaban J connectivity index is 2.57. The Morgan fingerprint density at radius 2 is 2.50 bits per heavy atom. The maximum absolute atomic E-state index is 4.11. The van der Waals surface area contributed by atoms with Gasteiger partial charge in [0.15, 0.2) is 0 Å². The van der Waals surface area contributed by atoms with E-state index in [4.69, 9.17) is 0 Å². The lowest BCUT2D eigenvalue weighted by atomic mass is 10.1. The average molecular weight is 138 g/mol. The highest BCUT2D eigenvalue weighted by molar-refractivity contribution is 5.84. The van der Waals surface area contributed by atoms with Crippen molar-refractivity contribution in [3.63, 3.8) is 0 Å². The fourth-order valence-corrected chi connectivity index (χ4v) is 1.08. The van der Waals surface area contributed by atoms with E-state index in [-0.39, 0.29) is 0 Å². The first-order chi connectivity index (χ1) is 4.86. The minimum absolute atomic E-state index is 1.07. The molecule has 0 saturated carbocycles. The van der Waals surface area contributed by atoms with Gasteiger partial charge >= 0.3 is 0 Å². The molecule has 1 rings (SSSR count). The summed E-state index contributed by atoms with van der Waals surface area (Å²) in [5.74, 6) is 1.12. The van der Waals surface area contributed by atoms with Gasteiger partial charge in [0.1, 0.15) is 5.84 Å². The number of amidine groups is 1. The third kappa shape index (κ3) is 1.59. The highest BCUT2D eigenvalue weighted by atomic mass is 15.0. The predicted molar refractivity (Wildman–Crippen MR) is 44.1 cm³/mol. The van der Waals surface area contributed by atoms with E-state index in [0.717, 1.165) is 25.1 Å². The number of allylic oxidation sites excluding steroid dienone is 2. The molecule has 0 aromatic heterocycles. The van der Waals surface area contributed by atoms with Crippen LogP contribution >= 0.6 is 0 Å². The van der Waals surface area contributed by atoms with Crippen molar-refractivity contribution in [2.24, 2.45) is 4.99 Å². The molecule has 2 heteroatoms. The molecular formula is C8H14N2. The van der Waals surface area contributed by atoms with Gasteiger partial charge in [-0.25, -0.2) is 0 Å². The topological polar surface area (TPSA) is 24.4 Å². The molecule has 0 aromatic rings. The summed E-state index contributed by atoms with van der Waals surface area (Å²) in [5, 5.41) is 3.26. The molecule has 10 heavy (non-hydrogen) atoms. The van der Waals surface area contributed by atoms with E-state index < -0.39 is 0 Å². The Labute approximate surface area is 62.0 Å². The van der Waals surface area contributed by atoms with E-state index in [2.05, 4.69) is 23.3 Å². The largest absolute Gasteiger partial charge is 0.348 e. The van der Waals surface area contributed by atoms with Crippen molar-refractivity contribution < 1.29 is 0 Å². The van der Waals surface area contributed by atoms with Gasteiger partial charge in [-0.1, -0.05) is 13.0 Å². The lowest BCUT2D eigenvalue weighted by Crippen LogP contribution is -2.25. The van der Waals surface area contributed by atoms with Crippen molar-refractivity contribution in [3.05, 3.63) is 11.8 Å². The molecular weight excluding hydrogens is 124 g/mol. The molecule has 0 amide bonds. The second-order valence-electron chi connectivity index (χ2n) is 2.42. The zero-order chi connectivity index (χ0) is 7.40. The summed E-state index contributed by atoms with van der Waals surface area (Å²) in [6.45, 7) is 2.15. The van der Waals surface area contributed by atoms with Gasteiger partial charge in [0.2, 0.25) is 0 Å². The lowest BCUT2D eigenvalue weighted by Gasteiger charge is -2.15. The van der Waals surface area contributed by atoms with Crippen LogP contribution < -0.4 is 5.32 Å². The number of nitrogens with zero attached hydrogens (tertiary/aromatic N) is 1. The van der Waals surface area contributed by atoms with Crippen LogP contribution in [0.1, 0.15) is 26.2 Å². The summed E-state index contributed by atoms with van der Waals surface area (Å²) < 4.78 is 0. The van der Waals surface area contributed by atoms with Gasteiger partial charge in [-0.15, -0.1) is 0 Å². The first-order valence-electron chi connectivity index (χ1n) is 3.78. The fraction of sp³-hybridized carbons (Fsp3) is 0.625. The Bertz CT molecular complexity index is 168. The molecule has 1 N–H and O–H groups in total. The molecule has 0 saturated heterocycles. The summed E-state index contributed by atoms with van der Waals surface area (Å²) in [4.78, 5) is 4.11. The van der Waals surface area contributed by atoms with Gasteiger partial charge in [0.25, 0.3) is 0 Å². The maximum atomic E-state index is 4.11. The lowest BCUT2D eigenvalue weighted by molar-refractivity contribution is 0.867. The molecule has 1 aliphatic heterocycles. The van der Waals surface area contributed by atoms with E-state index in [1.807, 2.05) is 7.05 Å². The van der Waals surface area contributed by atoms with Gasteiger partial charge in [0.05, 0.1) is 0 Å². The van der Waals surface area contributed by atoms with Crippen molar-refractivity contribution in [2.45, 2.75) is 26.2 Å². The minimum atomic E-state index is 1.07. The van der Waals surface area contributed by atoms with Crippen LogP contribution in [0.5, 0.6) is 0 Å². The van der Waals surface area contributed by atoms with E-state index in [9.17, 15) is 0 Å². The monoisotopic (exact) mass is 138 g/mol. The van der Waals surface area contributed by atoms with Crippen LogP contribution in [0.2, 0.25) is 0 Å². The average Bonchev–Trinajstić information content (AvgIpc) is 2.05. The van der Waals surface area contributed by atoms with Gasteiger partial charge < -0.3 is 5.32 Å². The first-order valence-corrected chi connectivity index (χ1v) is 3.78. The Morgan fingerprint density at radius 1 is 1.70 bits per heavy atom. The highest BCUT2D eigenvalue weighted by Crippen LogP contribution is 2.07. The van der Waals surface area contributed by atoms with Crippen LogP contribution in [-0.4, -0.2) is 12.9 Å². The van der Waals surface area contributed by atoms with Gasteiger partial charge in [-0.05, 0) is 12.8 Å². The molecule has 56 valence electrons. The third-order valence-corrected chi connectivity index (χ3v) is 1.73. The minimum Gasteiger partial charge on any atom is -0.348 e. The second kappa shape index (κ2) is 3.40. The summed E-state index contributed by atoms with van der Waals surface area (Å²) >= 11 is 0. The molecule has 2 nitrogen and oxygen atoms in total. The summed E-state index contributed by atoms with van der Waals surface area (Å²) in [5.41, 5.74) is 1.31. The number of rotatable bonds is 1.